The van der Waals surface area contributed by atoms with E-state index in [0.717, 1.165) is 11.1 Å². The van der Waals surface area contributed by atoms with Gasteiger partial charge in [-0.15, -0.1) is 0 Å². The Hall–Kier alpha value is -1.55. The van der Waals surface area contributed by atoms with Crippen molar-refractivity contribution in [1.82, 2.24) is 4.90 Å². The first-order valence-electron chi connectivity index (χ1n) is 6.68. The summed E-state index contributed by atoms with van der Waals surface area (Å²) < 4.78 is 0. The summed E-state index contributed by atoms with van der Waals surface area (Å²) in [4.78, 5) is 14.3. The van der Waals surface area contributed by atoms with E-state index in [9.17, 15) is 9.90 Å². The first-order valence-corrected chi connectivity index (χ1v) is 6.68. The van der Waals surface area contributed by atoms with Crippen molar-refractivity contribution in [2.75, 3.05) is 18.8 Å². The summed E-state index contributed by atoms with van der Waals surface area (Å²) in [5.41, 5.74) is 8.52. The van der Waals surface area contributed by atoms with Crippen LogP contribution < -0.4 is 5.73 Å². The van der Waals surface area contributed by atoms with E-state index in [2.05, 4.69) is 0 Å². The van der Waals surface area contributed by atoms with Crippen molar-refractivity contribution in [3.63, 3.8) is 0 Å². The quantitative estimate of drug-likeness (QED) is 0.759. The van der Waals surface area contributed by atoms with Crippen LogP contribution in [0.4, 0.5) is 5.69 Å². The van der Waals surface area contributed by atoms with Gasteiger partial charge in [-0.3, -0.25) is 4.79 Å². The van der Waals surface area contributed by atoms with Crippen LogP contribution in [0.1, 0.15) is 41.3 Å². The lowest BCUT2D eigenvalue weighted by atomic mass is 9.93. The van der Waals surface area contributed by atoms with Gasteiger partial charge in [0.1, 0.15) is 0 Å². The van der Waals surface area contributed by atoms with Gasteiger partial charge in [-0.25, -0.2) is 0 Å². The predicted molar refractivity (Wildman–Crippen MR) is 76.1 cm³/mol. The van der Waals surface area contributed by atoms with Crippen LogP contribution in [0.2, 0.25) is 0 Å². The Bertz CT molecular complexity index is 499. The second-order valence-electron chi connectivity index (χ2n) is 5.81. The highest BCUT2D eigenvalue weighted by atomic mass is 16.3. The Balaban J connectivity index is 2.19. The molecule has 1 aliphatic heterocycles. The number of nitrogen functional groups attached to an aromatic ring is 1. The number of carbonyl (C=O) groups is 1. The maximum atomic E-state index is 12.5. The summed E-state index contributed by atoms with van der Waals surface area (Å²) in [6, 6.07) is 3.71. The molecule has 0 saturated carbocycles. The van der Waals surface area contributed by atoms with Crippen LogP contribution in [-0.2, 0) is 0 Å². The molecule has 104 valence electrons. The Morgan fingerprint density at radius 1 is 1.26 bits per heavy atom. The number of likely N-dealkylation sites (tertiary alicyclic amines) is 1. The number of piperidine rings is 1. The molecule has 0 unspecified atom stereocenters. The van der Waals surface area contributed by atoms with Crippen LogP contribution in [0.3, 0.4) is 0 Å². The standard InChI is InChI=1S/C15H22N2O2/c1-10-8-11(2)13(16)9-12(10)14(18)17-6-4-15(3,19)5-7-17/h8-9,19H,4-7,16H2,1-3H3. The molecule has 0 bridgehead atoms. The van der Waals surface area contributed by atoms with E-state index < -0.39 is 5.60 Å². The number of nitrogens with two attached hydrogens (primary N) is 1. The molecule has 1 fully saturated rings. The second-order valence-corrected chi connectivity index (χ2v) is 5.81. The number of carbonyl (C=O) groups excluding carboxylic acids is 1. The number of benzene rings is 1. The summed E-state index contributed by atoms with van der Waals surface area (Å²) in [7, 11) is 0. The number of anilines is 1. The zero-order chi connectivity index (χ0) is 14.2. The van der Waals surface area contributed by atoms with Crippen LogP contribution >= 0.6 is 0 Å². The highest BCUT2D eigenvalue weighted by Crippen LogP contribution is 2.24. The van der Waals surface area contributed by atoms with Crippen LogP contribution in [0.15, 0.2) is 12.1 Å². The molecule has 0 radical (unpaired) electrons. The van der Waals surface area contributed by atoms with Crippen molar-refractivity contribution in [2.45, 2.75) is 39.2 Å². The molecule has 3 N–H and O–H groups in total. The maximum absolute atomic E-state index is 12.5. The summed E-state index contributed by atoms with van der Waals surface area (Å²) in [5, 5.41) is 9.92. The fourth-order valence-electron chi connectivity index (χ4n) is 2.46. The third-order valence-corrected chi connectivity index (χ3v) is 3.97. The van der Waals surface area contributed by atoms with Gasteiger partial charge in [0.15, 0.2) is 0 Å². The minimum absolute atomic E-state index is 0.0136. The smallest absolute Gasteiger partial charge is 0.254 e. The Morgan fingerprint density at radius 2 is 1.84 bits per heavy atom. The molecule has 1 aromatic carbocycles. The van der Waals surface area contributed by atoms with Crippen LogP contribution in [0.5, 0.6) is 0 Å². The second kappa shape index (κ2) is 4.85. The molecular weight excluding hydrogens is 240 g/mol. The number of rotatable bonds is 1. The lowest BCUT2D eigenvalue weighted by molar-refractivity contribution is -0.00203. The molecule has 2 rings (SSSR count). The highest BCUT2D eigenvalue weighted by molar-refractivity contribution is 5.96. The molecular formula is C15H22N2O2. The van der Waals surface area contributed by atoms with Crippen molar-refractivity contribution in [2.24, 2.45) is 0 Å². The van der Waals surface area contributed by atoms with Gasteiger partial charge in [-0.1, -0.05) is 6.07 Å². The topological polar surface area (TPSA) is 66.6 Å². The van der Waals surface area contributed by atoms with Crippen molar-refractivity contribution in [1.29, 1.82) is 0 Å². The summed E-state index contributed by atoms with van der Waals surface area (Å²) in [6.07, 6.45) is 1.25. The minimum Gasteiger partial charge on any atom is -0.398 e. The van der Waals surface area contributed by atoms with E-state index in [1.54, 1.807) is 11.0 Å². The zero-order valence-corrected chi connectivity index (χ0v) is 11.9. The molecule has 0 spiro atoms. The molecule has 4 heteroatoms. The highest BCUT2D eigenvalue weighted by Gasteiger charge is 2.30. The minimum atomic E-state index is -0.641. The molecule has 1 heterocycles. The van der Waals surface area contributed by atoms with Crippen molar-refractivity contribution >= 4 is 11.6 Å². The van der Waals surface area contributed by atoms with Gasteiger partial charge in [0.25, 0.3) is 5.91 Å². The molecule has 0 aliphatic carbocycles. The first-order chi connectivity index (χ1) is 8.80. The molecule has 0 atom stereocenters. The molecule has 1 aromatic rings. The number of nitrogens with zero attached hydrogens (tertiary/aromatic N) is 1. The first kappa shape index (κ1) is 13.9. The van der Waals surface area contributed by atoms with E-state index >= 15 is 0 Å². The number of hydrogen-bond acceptors (Lipinski definition) is 3. The van der Waals surface area contributed by atoms with E-state index in [-0.39, 0.29) is 5.91 Å². The maximum Gasteiger partial charge on any atom is 0.254 e. The third-order valence-electron chi connectivity index (χ3n) is 3.97. The molecule has 1 amide bonds. The van der Waals surface area contributed by atoms with Crippen molar-refractivity contribution in [3.05, 3.63) is 28.8 Å². The monoisotopic (exact) mass is 262 g/mol. The van der Waals surface area contributed by atoms with Gasteiger partial charge in [0.2, 0.25) is 0 Å². The molecule has 19 heavy (non-hydrogen) atoms. The van der Waals surface area contributed by atoms with Crippen LogP contribution in [-0.4, -0.2) is 34.6 Å². The average molecular weight is 262 g/mol. The van der Waals surface area contributed by atoms with E-state index in [1.165, 1.54) is 0 Å². The summed E-state index contributed by atoms with van der Waals surface area (Å²) in [5.74, 6) is 0.0136. The third kappa shape index (κ3) is 2.89. The Labute approximate surface area is 114 Å². The number of hydrogen-bond donors (Lipinski definition) is 2. The number of aliphatic hydroxyl groups is 1. The van der Waals surface area contributed by atoms with Gasteiger partial charge in [-0.2, -0.15) is 0 Å². The van der Waals surface area contributed by atoms with Crippen LogP contribution in [0.25, 0.3) is 0 Å². The largest absolute Gasteiger partial charge is 0.398 e. The Kier molecular flexibility index (Phi) is 3.54. The van der Waals surface area contributed by atoms with Crippen molar-refractivity contribution in [3.8, 4) is 0 Å². The van der Waals surface area contributed by atoms with Gasteiger partial charge >= 0.3 is 0 Å². The summed E-state index contributed by atoms with van der Waals surface area (Å²) >= 11 is 0. The van der Waals surface area contributed by atoms with Gasteiger partial charge in [0.05, 0.1) is 5.60 Å². The lowest BCUT2D eigenvalue weighted by Gasteiger charge is -2.36. The average Bonchev–Trinajstić information content (AvgIpc) is 2.33. The number of amides is 1. The predicted octanol–water partition coefficient (Wildman–Crippen LogP) is 1.87. The van der Waals surface area contributed by atoms with Crippen LogP contribution in [0, 0.1) is 13.8 Å². The van der Waals surface area contributed by atoms with E-state index in [1.807, 2.05) is 26.8 Å². The lowest BCUT2D eigenvalue weighted by Crippen LogP contribution is -2.45. The van der Waals surface area contributed by atoms with E-state index in [0.29, 0.717) is 37.2 Å². The normalized spacial score (nSPS) is 18.4. The van der Waals surface area contributed by atoms with Gasteiger partial charge in [-0.05, 0) is 50.8 Å². The van der Waals surface area contributed by atoms with Crippen molar-refractivity contribution < 1.29 is 9.90 Å². The SMILES string of the molecule is Cc1cc(C)c(C(=O)N2CCC(C)(O)CC2)cc1N. The molecule has 4 nitrogen and oxygen atoms in total. The molecule has 1 aliphatic rings. The van der Waals surface area contributed by atoms with E-state index in [4.69, 9.17) is 5.73 Å². The van der Waals surface area contributed by atoms with Gasteiger partial charge < -0.3 is 15.7 Å². The summed E-state index contributed by atoms with van der Waals surface area (Å²) in [6.45, 7) is 6.89. The zero-order valence-electron chi connectivity index (χ0n) is 11.9. The molecule has 1 saturated heterocycles. The Morgan fingerprint density at radius 3 is 2.42 bits per heavy atom. The number of aryl methyl sites for hydroxylation is 2. The molecule has 0 aromatic heterocycles. The fraction of sp³-hybridized carbons (Fsp3) is 0.533. The van der Waals surface area contributed by atoms with Gasteiger partial charge in [0, 0.05) is 24.3 Å². The fourth-order valence-corrected chi connectivity index (χ4v) is 2.46.